The number of hydrogen-bond donors (Lipinski definition) is 1. The summed E-state index contributed by atoms with van der Waals surface area (Å²) in [6.45, 7) is 4.84. The molecule has 1 fully saturated rings. The summed E-state index contributed by atoms with van der Waals surface area (Å²) >= 11 is 0. The molecule has 0 aromatic carbocycles. The predicted octanol–water partition coefficient (Wildman–Crippen LogP) is 1.22. The van der Waals surface area contributed by atoms with Crippen molar-refractivity contribution in [1.82, 2.24) is 5.32 Å². The molecule has 0 aromatic heterocycles. The first kappa shape index (κ1) is 12.0. The molecule has 0 heterocycles. The summed E-state index contributed by atoms with van der Waals surface area (Å²) in [5.41, 5.74) is -0.292. The molecule has 0 saturated heterocycles. The fourth-order valence-electron chi connectivity index (χ4n) is 1.47. The standard InChI is InChI=1S/C11H18N2O2/c1-3-15-10(14)11(5-6-11)8-13-9(2)4-7-12/h9,13H,3-6,8H2,1-2H3/t9-/m0/s1. The van der Waals surface area contributed by atoms with Crippen LogP contribution in [0.25, 0.3) is 0 Å². The molecular weight excluding hydrogens is 192 g/mol. The number of nitrogens with one attached hydrogen (secondary N) is 1. The Morgan fingerprint density at radius 1 is 1.67 bits per heavy atom. The molecule has 0 unspecified atom stereocenters. The Balaban J connectivity index is 2.32. The van der Waals surface area contributed by atoms with Gasteiger partial charge in [0.05, 0.1) is 24.5 Å². The lowest BCUT2D eigenvalue weighted by Gasteiger charge is -2.17. The van der Waals surface area contributed by atoms with Gasteiger partial charge in [-0.1, -0.05) is 0 Å². The average molecular weight is 210 g/mol. The Kier molecular flexibility index (Phi) is 4.10. The molecular formula is C11H18N2O2. The van der Waals surface area contributed by atoms with Crippen LogP contribution in [-0.2, 0) is 9.53 Å². The number of esters is 1. The van der Waals surface area contributed by atoms with Crippen LogP contribution in [0, 0.1) is 16.7 Å². The first-order valence-electron chi connectivity index (χ1n) is 5.42. The quantitative estimate of drug-likeness (QED) is 0.670. The molecule has 4 heteroatoms. The number of nitriles is 1. The lowest BCUT2D eigenvalue weighted by Crippen LogP contribution is -2.36. The number of rotatable bonds is 6. The second-order valence-electron chi connectivity index (χ2n) is 4.14. The van der Waals surface area contributed by atoms with E-state index in [0.717, 1.165) is 12.8 Å². The molecule has 1 saturated carbocycles. The molecule has 0 aromatic rings. The van der Waals surface area contributed by atoms with Gasteiger partial charge in [-0.25, -0.2) is 0 Å². The maximum atomic E-state index is 11.6. The lowest BCUT2D eigenvalue weighted by atomic mass is 10.1. The molecule has 1 aliphatic rings. The first-order valence-corrected chi connectivity index (χ1v) is 5.42. The molecule has 1 rings (SSSR count). The van der Waals surface area contributed by atoms with Crippen molar-refractivity contribution in [3.05, 3.63) is 0 Å². The van der Waals surface area contributed by atoms with E-state index in [-0.39, 0.29) is 17.4 Å². The minimum Gasteiger partial charge on any atom is -0.466 e. The zero-order valence-electron chi connectivity index (χ0n) is 9.38. The fourth-order valence-corrected chi connectivity index (χ4v) is 1.47. The third-order valence-corrected chi connectivity index (χ3v) is 2.75. The molecule has 0 spiro atoms. The van der Waals surface area contributed by atoms with E-state index >= 15 is 0 Å². The second-order valence-corrected chi connectivity index (χ2v) is 4.14. The Labute approximate surface area is 90.6 Å². The van der Waals surface area contributed by atoms with Gasteiger partial charge in [-0.2, -0.15) is 5.26 Å². The Morgan fingerprint density at radius 3 is 2.80 bits per heavy atom. The van der Waals surface area contributed by atoms with Crippen LogP contribution in [-0.4, -0.2) is 25.2 Å². The van der Waals surface area contributed by atoms with E-state index in [1.807, 2.05) is 13.8 Å². The van der Waals surface area contributed by atoms with Gasteiger partial charge in [-0.05, 0) is 26.7 Å². The van der Waals surface area contributed by atoms with Crippen LogP contribution < -0.4 is 5.32 Å². The number of carbonyl (C=O) groups excluding carboxylic acids is 1. The van der Waals surface area contributed by atoms with Crippen LogP contribution in [0.15, 0.2) is 0 Å². The zero-order valence-corrected chi connectivity index (χ0v) is 9.38. The Morgan fingerprint density at radius 2 is 2.33 bits per heavy atom. The molecule has 0 aliphatic heterocycles. The maximum Gasteiger partial charge on any atom is 0.313 e. The van der Waals surface area contributed by atoms with Crippen LogP contribution in [0.3, 0.4) is 0 Å². The van der Waals surface area contributed by atoms with Crippen LogP contribution in [0.2, 0.25) is 0 Å². The van der Waals surface area contributed by atoms with Crippen molar-refractivity contribution in [3.8, 4) is 6.07 Å². The normalized spacial score (nSPS) is 19.0. The summed E-state index contributed by atoms with van der Waals surface area (Å²) in [4.78, 5) is 11.6. The average Bonchev–Trinajstić information content (AvgIpc) is 2.97. The van der Waals surface area contributed by atoms with Gasteiger partial charge in [-0.3, -0.25) is 4.79 Å². The Bertz CT molecular complexity index is 266. The summed E-state index contributed by atoms with van der Waals surface area (Å²) in [5, 5.41) is 11.7. The molecule has 84 valence electrons. The highest BCUT2D eigenvalue weighted by molar-refractivity contribution is 5.80. The number of nitrogens with zero attached hydrogens (tertiary/aromatic N) is 1. The highest BCUT2D eigenvalue weighted by Gasteiger charge is 2.50. The third kappa shape index (κ3) is 3.21. The van der Waals surface area contributed by atoms with Gasteiger partial charge in [0.1, 0.15) is 0 Å². The van der Waals surface area contributed by atoms with E-state index in [1.54, 1.807) is 0 Å². The van der Waals surface area contributed by atoms with Gasteiger partial charge in [0, 0.05) is 12.6 Å². The summed E-state index contributed by atoms with van der Waals surface area (Å²) in [7, 11) is 0. The topological polar surface area (TPSA) is 62.1 Å². The third-order valence-electron chi connectivity index (χ3n) is 2.75. The minimum atomic E-state index is -0.292. The first-order chi connectivity index (χ1) is 7.14. The molecule has 0 bridgehead atoms. The minimum absolute atomic E-state index is 0.0957. The fraction of sp³-hybridized carbons (Fsp3) is 0.818. The van der Waals surface area contributed by atoms with E-state index in [0.29, 0.717) is 19.6 Å². The predicted molar refractivity (Wildman–Crippen MR) is 56.0 cm³/mol. The van der Waals surface area contributed by atoms with Gasteiger partial charge in [-0.15, -0.1) is 0 Å². The Hall–Kier alpha value is -1.08. The smallest absolute Gasteiger partial charge is 0.313 e. The monoisotopic (exact) mass is 210 g/mol. The van der Waals surface area contributed by atoms with Gasteiger partial charge < -0.3 is 10.1 Å². The van der Waals surface area contributed by atoms with Gasteiger partial charge in [0.15, 0.2) is 0 Å². The summed E-state index contributed by atoms with van der Waals surface area (Å²) in [6, 6.07) is 2.24. The van der Waals surface area contributed by atoms with Crippen molar-refractivity contribution < 1.29 is 9.53 Å². The molecule has 0 amide bonds. The maximum absolute atomic E-state index is 11.6. The molecule has 4 nitrogen and oxygen atoms in total. The molecule has 1 N–H and O–H groups in total. The van der Waals surface area contributed by atoms with Crippen molar-refractivity contribution in [2.24, 2.45) is 5.41 Å². The largest absolute Gasteiger partial charge is 0.466 e. The van der Waals surface area contributed by atoms with Crippen LogP contribution >= 0.6 is 0 Å². The number of carbonyl (C=O) groups is 1. The van der Waals surface area contributed by atoms with E-state index < -0.39 is 0 Å². The van der Waals surface area contributed by atoms with Crippen LogP contribution in [0.5, 0.6) is 0 Å². The van der Waals surface area contributed by atoms with Crippen LogP contribution in [0.4, 0.5) is 0 Å². The summed E-state index contributed by atoms with van der Waals surface area (Å²) in [5.74, 6) is -0.0957. The van der Waals surface area contributed by atoms with Gasteiger partial charge in [0.25, 0.3) is 0 Å². The zero-order chi connectivity index (χ0) is 11.3. The van der Waals surface area contributed by atoms with Crippen molar-refractivity contribution in [2.75, 3.05) is 13.2 Å². The van der Waals surface area contributed by atoms with Crippen molar-refractivity contribution >= 4 is 5.97 Å². The van der Waals surface area contributed by atoms with Crippen molar-refractivity contribution in [2.45, 2.75) is 39.2 Å². The highest BCUT2D eigenvalue weighted by Crippen LogP contribution is 2.46. The number of hydrogen-bond acceptors (Lipinski definition) is 4. The summed E-state index contributed by atoms with van der Waals surface area (Å²) < 4.78 is 5.02. The van der Waals surface area contributed by atoms with E-state index in [9.17, 15) is 4.79 Å². The summed E-state index contributed by atoms with van der Waals surface area (Å²) in [6.07, 6.45) is 2.27. The number of ether oxygens (including phenoxy) is 1. The van der Waals surface area contributed by atoms with Crippen LogP contribution in [0.1, 0.15) is 33.1 Å². The van der Waals surface area contributed by atoms with Crippen molar-refractivity contribution in [3.63, 3.8) is 0 Å². The van der Waals surface area contributed by atoms with Gasteiger partial charge >= 0.3 is 5.97 Å². The van der Waals surface area contributed by atoms with Gasteiger partial charge in [0.2, 0.25) is 0 Å². The highest BCUT2D eigenvalue weighted by atomic mass is 16.5. The second kappa shape index (κ2) is 5.13. The molecule has 1 aliphatic carbocycles. The lowest BCUT2D eigenvalue weighted by molar-refractivity contribution is -0.149. The van der Waals surface area contributed by atoms with Crippen molar-refractivity contribution in [1.29, 1.82) is 5.26 Å². The SMILES string of the molecule is CCOC(=O)C1(CN[C@@H](C)CC#N)CC1. The van der Waals surface area contributed by atoms with E-state index in [4.69, 9.17) is 10.00 Å². The molecule has 0 radical (unpaired) electrons. The van der Waals surface area contributed by atoms with E-state index in [1.165, 1.54) is 0 Å². The van der Waals surface area contributed by atoms with E-state index in [2.05, 4.69) is 11.4 Å². The molecule has 1 atom stereocenters. The molecule has 15 heavy (non-hydrogen) atoms.